The number of benzene rings is 1. The fourth-order valence-corrected chi connectivity index (χ4v) is 2.33. The molecule has 1 aromatic carbocycles. The molecule has 2 rings (SSSR count). The van der Waals surface area contributed by atoms with E-state index in [1.807, 2.05) is 38.1 Å². The molecule has 0 saturated heterocycles. The molecule has 1 N–H and O–H groups in total. The molecular formula is C15H20N2O2. The number of hydrogen-bond donors (Lipinski definition) is 1. The van der Waals surface area contributed by atoms with Crippen molar-refractivity contribution < 1.29 is 9.84 Å². The Morgan fingerprint density at radius 2 is 2.16 bits per heavy atom. The molecule has 102 valence electrons. The van der Waals surface area contributed by atoms with Gasteiger partial charge in [-0.25, -0.2) is 0 Å². The van der Waals surface area contributed by atoms with Crippen LogP contribution < -0.4 is 4.74 Å². The molecule has 4 nitrogen and oxygen atoms in total. The summed E-state index contributed by atoms with van der Waals surface area (Å²) in [5.41, 5.74) is 1.49. The van der Waals surface area contributed by atoms with Gasteiger partial charge in [-0.2, -0.15) is 5.10 Å². The first-order valence-electron chi connectivity index (χ1n) is 6.40. The highest BCUT2D eigenvalue weighted by Gasteiger charge is 2.33. The predicted octanol–water partition coefficient (Wildman–Crippen LogP) is 2.48. The number of aliphatic hydroxyl groups is 1. The lowest BCUT2D eigenvalue weighted by atomic mass is 9.91. The molecule has 1 aromatic heterocycles. The quantitative estimate of drug-likeness (QED) is 0.918. The minimum atomic E-state index is -1.14. The fraction of sp³-hybridized carbons (Fsp3) is 0.400. The van der Waals surface area contributed by atoms with Crippen LogP contribution in [-0.2, 0) is 12.1 Å². The van der Waals surface area contributed by atoms with Crippen LogP contribution in [0.15, 0.2) is 30.5 Å². The highest BCUT2D eigenvalue weighted by Crippen LogP contribution is 2.35. The van der Waals surface area contributed by atoms with Gasteiger partial charge in [0, 0.05) is 6.54 Å². The van der Waals surface area contributed by atoms with Crippen LogP contribution in [0, 0.1) is 6.92 Å². The van der Waals surface area contributed by atoms with Crippen LogP contribution in [0.2, 0.25) is 0 Å². The Bertz CT molecular complexity index is 552. The lowest BCUT2D eigenvalue weighted by Crippen LogP contribution is -2.27. The average molecular weight is 260 g/mol. The van der Waals surface area contributed by atoms with Crippen molar-refractivity contribution in [1.29, 1.82) is 0 Å². The molecule has 0 amide bonds. The third-order valence-corrected chi connectivity index (χ3v) is 3.37. The zero-order chi connectivity index (χ0) is 14.0. The molecule has 0 aliphatic rings. The highest BCUT2D eigenvalue weighted by atomic mass is 16.5. The van der Waals surface area contributed by atoms with Crippen molar-refractivity contribution in [1.82, 2.24) is 9.78 Å². The number of nitrogens with zero attached hydrogens (tertiary/aromatic N) is 2. The maximum Gasteiger partial charge on any atom is 0.163 e. The van der Waals surface area contributed by atoms with E-state index >= 15 is 0 Å². The minimum Gasteiger partial charge on any atom is -0.493 e. The topological polar surface area (TPSA) is 47.3 Å². The van der Waals surface area contributed by atoms with E-state index in [9.17, 15) is 5.11 Å². The summed E-state index contributed by atoms with van der Waals surface area (Å²) < 4.78 is 7.09. The molecule has 19 heavy (non-hydrogen) atoms. The number of ether oxygens (including phenoxy) is 1. The third kappa shape index (κ3) is 2.36. The van der Waals surface area contributed by atoms with Crippen molar-refractivity contribution in [2.45, 2.75) is 32.9 Å². The van der Waals surface area contributed by atoms with Crippen molar-refractivity contribution in [2.24, 2.45) is 0 Å². The van der Waals surface area contributed by atoms with E-state index in [1.165, 1.54) is 0 Å². The van der Waals surface area contributed by atoms with Crippen LogP contribution in [0.5, 0.6) is 5.75 Å². The van der Waals surface area contributed by atoms with Gasteiger partial charge in [0.1, 0.15) is 11.3 Å². The number of rotatable bonds is 4. The van der Waals surface area contributed by atoms with Crippen molar-refractivity contribution in [2.75, 3.05) is 7.11 Å². The van der Waals surface area contributed by atoms with Crippen molar-refractivity contribution >= 4 is 0 Å². The minimum absolute atomic E-state index is 0.605. The Morgan fingerprint density at radius 1 is 1.42 bits per heavy atom. The lowest BCUT2D eigenvalue weighted by Gasteiger charge is -2.26. The normalized spacial score (nSPS) is 14.2. The highest BCUT2D eigenvalue weighted by molar-refractivity contribution is 5.40. The van der Waals surface area contributed by atoms with Crippen LogP contribution in [0.1, 0.15) is 30.7 Å². The first-order chi connectivity index (χ1) is 9.00. The summed E-state index contributed by atoms with van der Waals surface area (Å²) in [6.45, 7) is 6.45. The Kier molecular flexibility index (Phi) is 3.62. The van der Waals surface area contributed by atoms with Gasteiger partial charge < -0.3 is 9.84 Å². The number of methoxy groups -OCH3 is 1. The summed E-state index contributed by atoms with van der Waals surface area (Å²) in [7, 11) is 1.59. The van der Waals surface area contributed by atoms with Crippen molar-refractivity contribution in [3.05, 3.63) is 47.3 Å². The summed E-state index contributed by atoms with van der Waals surface area (Å²) >= 11 is 0. The molecule has 1 heterocycles. The summed E-state index contributed by atoms with van der Waals surface area (Å²) in [6.07, 6.45) is 1.64. The maximum atomic E-state index is 11.0. The van der Waals surface area contributed by atoms with Gasteiger partial charge in [-0.1, -0.05) is 29.8 Å². The second kappa shape index (κ2) is 5.05. The van der Waals surface area contributed by atoms with E-state index in [4.69, 9.17) is 4.74 Å². The van der Waals surface area contributed by atoms with Gasteiger partial charge in [0.05, 0.1) is 13.3 Å². The Hall–Kier alpha value is -1.81. The molecule has 2 aromatic rings. The van der Waals surface area contributed by atoms with E-state index in [0.29, 0.717) is 18.0 Å². The second-order valence-electron chi connectivity index (χ2n) is 4.82. The van der Waals surface area contributed by atoms with Crippen LogP contribution in [0.4, 0.5) is 0 Å². The molecular weight excluding hydrogens is 240 g/mol. The zero-order valence-electron chi connectivity index (χ0n) is 11.8. The van der Waals surface area contributed by atoms with Gasteiger partial charge in [-0.05, 0) is 26.3 Å². The third-order valence-electron chi connectivity index (χ3n) is 3.37. The molecule has 0 bridgehead atoms. The smallest absolute Gasteiger partial charge is 0.163 e. The van der Waals surface area contributed by atoms with E-state index in [1.54, 1.807) is 24.9 Å². The molecule has 0 fully saturated rings. The monoisotopic (exact) mass is 260 g/mol. The second-order valence-corrected chi connectivity index (χ2v) is 4.82. The molecule has 1 unspecified atom stereocenters. The largest absolute Gasteiger partial charge is 0.493 e. The molecule has 0 aliphatic carbocycles. The first-order valence-corrected chi connectivity index (χ1v) is 6.40. The molecule has 4 heteroatoms. The van der Waals surface area contributed by atoms with Gasteiger partial charge in [-0.15, -0.1) is 0 Å². The maximum absolute atomic E-state index is 11.0. The predicted molar refractivity (Wildman–Crippen MR) is 74.3 cm³/mol. The van der Waals surface area contributed by atoms with E-state index in [0.717, 1.165) is 11.1 Å². The molecule has 1 atom stereocenters. The number of hydrogen-bond acceptors (Lipinski definition) is 3. The number of aryl methyl sites for hydroxylation is 2. The Labute approximate surface area is 113 Å². The van der Waals surface area contributed by atoms with Gasteiger partial charge >= 0.3 is 0 Å². The van der Waals surface area contributed by atoms with E-state index in [2.05, 4.69) is 5.10 Å². The van der Waals surface area contributed by atoms with Crippen molar-refractivity contribution in [3.8, 4) is 5.75 Å². The Balaban J connectivity index is 2.58. The zero-order valence-corrected chi connectivity index (χ0v) is 11.8. The Morgan fingerprint density at radius 3 is 2.74 bits per heavy atom. The van der Waals surface area contributed by atoms with Gasteiger partial charge in [0.2, 0.25) is 0 Å². The molecule has 0 aliphatic heterocycles. The van der Waals surface area contributed by atoms with E-state index < -0.39 is 5.60 Å². The summed E-state index contributed by atoms with van der Waals surface area (Å²) in [4.78, 5) is 0. The standard InChI is InChI=1S/C15H20N2O2/c1-5-17-14(13(19-4)10-16-17)15(3,18)12-8-6-7-11(2)9-12/h6-10,18H,5H2,1-4H3. The first kappa shape index (κ1) is 13.6. The average Bonchev–Trinajstić information content (AvgIpc) is 2.82. The molecule has 0 saturated carbocycles. The molecule has 0 radical (unpaired) electrons. The van der Waals surface area contributed by atoms with Crippen LogP contribution in [-0.4, -0.2) is 22.0 Å². The summed E-state index contributed by atoms with van der Waals surface area (Å²) in [6, 6.07) is 7.85. The summed E-state index contributed by atoms with van der Waals surface area (Å²) in [5, 5.41) is 15.2. The van der Waals surface area contributed by atoms with Crippen LogP contribution in [0.3, 0.4) is 0 Å². The summed E-state index contributed by atoms with van der Waals surface area (Å²) in [5.74, 6) is 0.605. The number of aromatic nitrogens is 2. The van der Waals surface area contributed by atoms with Gasteiger partial charge in [-0.3, -0.25) is 4.68 Å². The van der Waals surface area contributed by atoms with Crippen LogP contribution >= 0.6 is 0 Å². The van der Waals surface area contributed by atoms with Crippen molar-refractivity contribution in [3.63, 3.8) is 0 Å². The fourth-order valence-electron chi connectivity index (χ4n) is 2.33. The van der Waals surface area contributed by atoms with Gasteiger partial charge in [0.15, 0.2) is 5.75 Å². The van der Waals surface area contributed by atoms with Crippen LogP contribution in [0.25, 0.3) is 0 Å². The SMILES string of the molecule is CCn1ncc(OC)c1C(C)(O)c1cccc(C)c1. The van der Waals surface area contributed by atoms with Gasteiger partial charge in [0.25, 0.3) is 0 Å². The molecule has 0 spiro atoms. The lowest BCUT2D eigenvalue weighted by molar-refractivity contribution is 0.0885. The van der Waals surface area contributed by atoms with E-state index in [-0.39, 0.29) is 0 Å².